The predicted molar refractivity (Wildman–Crippen MR) is 110 cm³/mol. The van der Waals surface area contributed by atoms with Crippen molar-refractivity contribution in [2.75, 3.05) is 14.1 Å². The Morgan fingerprint density at radius 3 is 2.00 bits per heavy atom. The summed E-state index contributed by atoms with van der Waals surface area (Å²) in [4.78, 5) is 14.6. The maximum absolute atomic E-state index is 13.1. The van der Waals surface area contributed by atoms with Gasteiger partial charge in [0.15, 0.2) is 5.69 Å². The number of hydrogen-bond donors (Lipinski definition) is 0. The molecule has 4 aromatic rings. The molecule has 5 nitrogen and oxygen atoms in total. The Kier molecular flexibility index (Phi) is 4.72. The van der Waals surface area contributed by atoms with Crippen LogP contribution in [-0.4, -0.2) is 39.9 Å². The summed E-state index contributed by atoms with van der Waals surface area (Å²) >= 11 is 0. The third-order valence-corrected chi connectivity index (χ3v) is 4.55. The number of carbonyl (C=O) groups excluding carboxylic acids is 1. The molecule has 4 rings (SSSR count). The molecule has 138 valence electrons. The van der Waals surface area contributed by atoms with E-state index in [1.54, 1.807) is 23.7 Å². The van der Waals surface area contributed by atoms with Gasteiger partial charge in [0.25, 0.3) is 5.91 Å². The lowest BCUT2D eigenvalue weighted by Crippen LogP contribution is -2.25. The van der Waals surface area contributed by atoms with Gasteiger partial charge in [0.05, 0.1) is 5.69 Å². The van der Waals surface area contributed by atoms with Gasteiger partial charge in [-0.3, -0.25) is 4.79 Å². The molecule has 28 heavy (non-hydrogen) atoms. The van der Waals surface area contributed by atoms with E-state index in [0.717, 1.165) is 22.4 Å². The summed E-state index contributed by atoms with van der Waals surface area (Å²) in [5.74, 6) is -0.147. The minimum atomic E-state index is -0.147. The summed E-state index contributed by atoms with van der Waals surface area (Å²) in [7, 11) is 3.47. The van der Waals surface area contributed by atoms with E-state index in [2.05, 4.69) is 10.3 Å². The molecule has 0 spiro atoms. The van der Waals surface area contributed by atoms with Crippen LogP contribution in [0.3, 0.4) is 0 Å². The topological polar surface area (TPSA) is 51.0 Å². The smallest absolute Gasteiger partial charge is 0.274 e. The third-order valence-electron chi connectivity index (χ3n) is 4.55. The fourth-order valence-corrected chi connectivity index (χ4v) is 3.18. The largest absolute Gasteiger partial charge is 0.343 e. The highest BCUT2D eigenvalue weighted by Crippen LogP contribution is 2.33. The molecule has 0 unspecified atom stereocenters. The first-order valence-corrected chi connectivity index (χ1v) is 9.04. The van der Waals surface area contributed by atoms with Gasteiger partial charge in [-0.1, -0.05) is 78.0 Å². The van der Waals surface area contributed by atoms with Crippen molar-refractivity contribution in [2.45, 2.75) is 0 Å². The van der Waals surface area contributed by atoms with E-state index in [0.29, 0.717) is 11.4 Å². The normalized spacial score (nSPS) is 10.6. The van der Waals surface area contributed by atoms with Crippen molar-refractivity contribution in [1.82, 2.24) is 19.9 Å². The van der Waals surface area contributed by atoms with Crippen molar-refractivity contribution in [3.8, 4) is 28.1 Å². The zero-order valence-electron chi connectivity index (χ0n) is 15.8. The van der Waals surface area contributed by atoms with Crippen LogP contribution in [0.1, 0.15) is 10.5 Å². The fourth-order valence-electron chi connectivity index (χ4n) is 3.18. The van der Waals surface area contributed by atoms with Crippen molar-refractivity contribution >= 4 is 5.91 Å². The van der Waals surface area contributed by atoms with Crippen molar-refractivity contribution in [3.63, 3.8) is 0 Å². The number of amides is 1. The first-order valence-electron chi connectivity index (χ1n) is 9.04. The molecule has 0 N–H and O–H groups in total. The predicted octanol–water partition coefficient (Wildman–Crippen LogP) is 4.30. The Balaban J connectivity index is 1.95. The lowest BCUT2D eigenvalue weighted by molar-refractivity contribution is 0.0819. The van der Waals surface area contributed by atoms with Crippen LogP contribution in [0.2, 0.25) is 0 Å². The van der Waals surface area contributed by atoms with Gasteiger partial charge in [-0.05, 0) is 23.3 Å². The summed E-state index contributed by atoms with van der Waals surface area (Å²) in [5.41, 5.74) is 4.76. The highest BCUT2D eigenvalue weighted by Gasteiger charge is 2.25. The van der Waals surface area contributed by atoms with Crippen LogP contribution >= 0.6 is 0 Å². The fraction of sp³-hybridized carbons (Fsp3) is 0.0870. The summed E-state index contributed by atoms with van der Waals surface area (Å²) < 4.78 is 1.61. The highest BCUT2D eigenvalue weighted by atomic mass is 16.2. The number of nitrogens with zero attached hydrogens (tertiary/aromatic N) is 4. The molecule has 0 bridgehead atoms. The van der Waals surface area contributed by atoms with Crippen LogP contribution < -0.4 is 0 Å². The molecule has 0 atom stereocenters. The molecule has 0 fully saturated rings. The van der Waals surface area contributed by atoms with Crippen LogP contribution in [0, 0.1) is 0 Å². The molecular formula is C23H20N4O. The molecule has 0 radical (unpaired) electrons. The second kappa shape index (κ2) is 7.48. The van der Waals surface area contributed by atoms with E-state index >= 15 is 0 Å². The minimum absolute atomic E-state index is 0.147. The van der Waals surface area contributed by atoms with E-state index in [1.807, 2.05) is 84.9 Å². The van der Waals surface area contributed by atoms with Gasteiger partial charge in [-0.15, -0.1) is 5.10 Å². The number of hydrogen-bond acceptors (Lipinski definition) is 3. The second-order valence-electron chi connectivity index (χ2n) is 6.65. The van der Waals surface area contributed by atoms with Crippen molar-refractivity contribution in [2.24, 2.45) is 0 Å². The molecule has 3 aromatic carbocycles. The van der Waals surface area contributed by atoms with Gasteiger partial charge in [-0.2, -0.15) is 0 Å². The summed E-state index contributed by atoms with van der Waals surface area (Å²) in [6.07, 6.45) is 0. The highest BCUT2D eigenvalue weighted by molar-refractivity contribution is 6.00. The number of aromatic nitrogens is 3. The number of rotatable bonds is 4. The van der Waals surface area contributed by atoms with Gasteiger partial charge in [-0.25, -0.2) is 4.68 Å². The quantitative estimate of drug-likeness (QED) is 0.539. The van der Waals surface area contributed by atoms with Gasteiger partial charge >= 0.3 is 0 Å². The Hall–Kier alpha value is -3.73. The molecule has 0 aliphatic carbocycles. The Morgan fingerprint density at radius 2 is 1.36 bits per heavy atom. The molecule has 1 aromatic heterocycles. The minimum Gasteiger partial charge on any atom is -0.343 e. The lowest BCUT2D eigenvalue weighted by Gasteiger charge is -2.14. The van der Waals surface area contributed by atoms with Crippen molar-refractivity contribution in [3.05, 3.63) is 90.6 Å². The van der Waals surface area contributed by atoms with Crippen LogP contribution in [0.15, 0.2) is 84.9 Å². The van der Waals surface area contributed by atoms with Crippen LogP contribution in [0.4, 0.5) is 0 Å². The molecule has 0 saturated heterocycles. The van der Waals surface area contributed by atoms with E-state index in [1.165, 1.54) is 0 Å². The maximum Gasteiger partial charge on any atom is 0.274 e. The van der Waals surface area contributed by atoms with Gasteiger partial charge in [0, 0.05) is 19.7 Å². The van der Waals surface area contributed by atoms with E-state index in [9.17, 15) is 4.79 Å². The van der Waals surface area contributed by atoms with Gasteiger partial charge < -0.3 is 4.90 Å². The SMILES string of the molecule is CN(C)C(=O)c1c(-c2ccccc2-c2ccccc2)nnn1-c1ccccc1. The summed E-state index contributed by atoms with van der Waals surface area (Å²) in [6.45, 7) is 0. The van der Waals surface area contributed by atoms with E-state index < -0.39 is 0 Å². The monoisotopic (exact) mass is 368 g/mol. The number of carbonyl (C=O) groups is 1. The summed E-state index contributed by atoms with van der Waals surface area (Å²) in [6, 6.07) is 27.6. The zero-order valence-corrected chi connectivity index (χ0v) is 15.8. The first kappa shape index (κ1) is 17.7. The second-order valence-corrected chi connectivity index (χ2v) is 6.65. The van der Waals surface area contributed by atoms with Gasteiger partial charge in [0.1, 0.15) is 5.69 Å². The molecular weight excluding hydrogens is 348 g/mol. The van der Waals surface area contributed by atoms with Crippen LogP contribution in [0.5, 0.6) is 0 Å². The number of para-hydroxylation sites is 1. The molecule has 0 aliphatic rings. The summed E-state index contributed by atoms with van der Waals surface area (Å²) in [5, 5.41) is 8.74. The number of benzene rings is 3. The van der Waals surface area contributed by atoms with Crippen LogP contribution in [-0.2, 0) is 0 Å². The molecule has 0 saturated carbocycles. The third kappa shape index (κ3) is 3.18. The zero-order chi connectivity index (χ0) is 19.5. The molecule has 1 amide bonds. The van der Waals surface area contributed by atoms with Crippen molar-refractivity contribution < 1.29 is 4.79 Å². The average Bonchev–Trinajstić information content (AvgIpc) is 3.19. The van der Waals surface area contributed by atoms with Crippen LogP contribution in [0.25, 0.3) is 28.1 Å². The van der Waals surface area contributed by atoms with Crippen molar-refractivity contribution in [1.29, 1.82) is 0 Å². The maximum atomic E-state index is 13.1. The molecule has 1 heterocycles. The Labute approximate surface area is 163 Å². The Morgan fingerprint density at radius 1 is 0.786 bits per heavy atom. The Bertz CT molecular complexity index is 1100. The lowest BCUT2D eigenvalue weighted by atomic mass is 9.96. The first-order chi connectivity index (χ1) is 13.7. The standard InChI is InChI=1S/C23H20N4O/c1-26(2)23(28)22-21(24-25-27(22)18-13-7-4-8-14-18)20-16-10-9-15-19(20)17-11-5-3-6-12-17/h3-16H,1-2H3. The van der Waals surface area contributed by atoms with E-state index in [-0.39, 0.29) is 5.91 Å². The van der Waals surface area contributed by atoms with E-state index in [4.69, 9.17) is 0 Å². The molecule has 0 aliphatic heterocycles. The van der Waals surface area contributed by atoms with Gasteiger partial charge in [0.2, 0.25) is 0 Å². The average molecular weight is 368 g/mol. The molecule has 5 heteroatoms.